The first-order chi connectivity index (χ1) is 11.5. The Morgan fingerprint density at radius 3 is 2.71 bits per heavy atom. The van der Waals surface area contributed by atoms with Gasteiger partial charge in [0.1, 0.15) is 17.9 Å². The van der Waals surface area contributed by atoms with Gasteiger partial charge in [-0.05, 0) is 25.0 Å². The zero-order valence-electron chi connectivity index (χ0n) is 14.1. The molecule has 0 aromatic carbocycles. The molecule has 0 spiro atoms. The van der Waals surface area contributed by atoms with Crippen molar-refractivity contribution in [3.8, 4) is 5.75 Å². The van der Waals surface area contributed by atoms with Crippen LogP contribution >= 0.6 is 0 Å². The normalized spacial score (nSPS) is 26.1. The fourth-order valence-corrected chi connectivity index (χ4v) is 3.88. The van der Waals surface area contributed by atoms with Gasteiger partial charge in [0.25, 0.3) is 0 Å². The summed E-state index contributed by atoms with van der Waals surface area (Å²) >= 11 is 0. The van der Waals surface area contributed by atoms with Gasteiger partial charge in [-0.25, -0.2) is 0 Å². The van der Waals surface area contributed by atoms with E-state index in [0.717, 1.165) is 25.7 Å². The summed E-state index contributed by atoms with van der Waals surface area (Å²) in [4.78, 5) is 30.6. The number of pyridine rings is 1. The molecule has 2 N–H and O–H groups in total. The van der Waals surface area contributed by atoms with Crippen molar-refractivity contribution in [2.24, 2.45) is 11.1 Å². The van der Waals surface area contributed by atoms with Gasteiger partial charge < -0.3 is 15.4 Å². The summed E-state index contributed by atoms with van der Waals surface area (Å²) in [5.74, 6) is 0.229. The molecule has 2 amide bonds. The number of carbonyl (C=O) groups is 2. The molecule has 1 aliphatic heterocycles. The van der Waals surface area contributed by atoms with Crippen molar-refractivity contribution in [3.63, 3.8) is 0 Å². The lowest BCUT2D eigenvalue weighted by molar-refractivity contribution is -0.147. The molecule has 2 fully saturated rings. The molecule has 2 heterocycles. The van der Waals surface area contributed by atoms with Crippen LogP contribution in [0.4, 0.5) is 0 Å². The van der Waals surface area contributed by atoms with Crippen molar-refractivity contribution < 1.29 is 14.3 Å². The largest absolute Gasteiger partial charge is 0.487 e. The van der Waals surface area contributed by atoms with Crippen LogP contribution < -0.4 is 10.5 Å². The van der Waals surface area contributed by atoms with E-state index in [1.807, 2.05) is 13.0 Å². The number of amides is 2. The number of nitrogens with two attached hydrogens (primary N) is 1. The molecule has 24 heavy (non-hydrogen) atoms. The third-order valence-electron chi connectivity index (χ3n) is 5.26. The number of likely N-dealkylation sites (tertiary alicyclic amines) is 1. The monoisotopic (exact) mass is 331 g/mol. The van der Waals surface area contributed by atoms with E-state index < -0.39 is 11.9 Å². The second-order valence-corrected chi connectivity index (χ2v) is 7.16. The smallest absolute Gasteiger partial charge is 0.240 e. The SMILES string of the molecule is CC1(C(=O)N2C[C@@H](Oc3cccnc3)C[C@H]2C(N)=O)CCCCC1. The van der Waals surface area contributed by atoms with Crippen LogP contribution in [0.5, 0.6) is 5.75 Å². The van der Waals surface area contributed by atoms with Gasteiger partial charge in [-0.1, -0.05) is 26.2 Å². The van der Waals surface area contributed by atoms with Gasteiger partial charge in [0.2, 0.25) is 11.8 Å². The number of rotatable bonds is 4. The van der Waals surface area contributed by atoms with E-state index in [2.05, 4.69) is 4.98 Å². The molecular formula is C18H25N3O3. The molecule has 0 bridgehead atoms. The topological polar surface area (TPSA) is 85.5 Å². The Bertz CT molecular complexity index is 599. The van der Waals surface area contributed by atoms with E-state index in [-0.39, 0.29) is 17.4 Å². The van der Waals surface area contributed by atoms with Crippen LogP contribution in [-0.2, 0) is 9.59 Å². The summed E-state index contributed by atoms with van der Waals surface area (Å²) in [7, 11) is 0. The average molecular weight is 331 g/mol. The minimum absolute atomic E-state index is 0.0447. The highest BCUT2D eigenvalue weighted by molar-refractivity contribution is 5.90. The van der Waals surface area contributed by atoms with Gasteiger partial charge >= 0.3 is 0 Å². The summed E-state index contributed by atoms with van der Waals surface area (Å²) in [6.07, 6.45) is 8.56. The van der Waals surface area contributed by atoms with Crippen LogP contribution in [0.15, 0.2) is 24.5 Å². The highest BCUT2D eigenvalue weighted by Gasteiger charge is 2.46. The van der Waals surface area contributed by atoms with Crippen molar-refractivity contribution in [2.75, 3.05) is 6.54 Å². The average Bonchev–Trinajstić information content (AvgIpc) is 3.00. The summed E-state index contributed by atoms with van der Waals surface area (Å²) in [5.41, 5.74) is 5.17. The van der Waals surface area contributed by atoms with Crippen LogP contribution in [0.3, 0.4) is 0 Å². The van der Waals surface area contributed by atoms with E-state index in [4.69, 9.17) is 10.5 Å². The molecule has 3 rings (SSSR count). The minimum Gasteiger partial charge on any atom is -0.487 e. The number of aromatic nitrogens is 1. The molecule has 130 valence electrons. The van der Waals surface area contributed by atoms with Crippen molar-refractivity contribution in [1.82, 2.24) is 9.88 Å². The molecule has 1 aromatic heterocycles. The lowest BCUT2D eigenvalue weighted by atomic mass is 9.74. The van der Waals surface area contributed by atoms with Crippen LogP contribution in [0.25, 0.3) is 0 Å². The predicted molar refractivity (Wildman–Crippen MR) is 89.2 cm³/mol. The van der Waals surface area contributed by atoms with Gasteiger partial charge in [0.15, 0.2) is 0 Å². The Morgan fingerprint density at radius 2 is 2.08 bits per heavy atom. The lowest BCUT2D eigenvalue weighted by Crippen LogP contribution is -2.50. The molecule has 0 unspecified atom stereocenters. The van der Waals surface area contributed by atoms with Crippen molar-refractivity contribution >= 4 is 11.8 Å². The second kappa shape index (κ2) is 6.79. The third kappa shape index (κ3) is 3.37. The maximum absolute atomic E-state index is 13.1. The molecule has 2 atom stereocenters. The Morgan fingerprint density at radius 1 is 1.33 bits per heavy atom. The number of primary amides is 1. The summed E-state index contributed by atoms with van der Waals surface area (Å²) < 4.78 is 5.89. The van der Waals surface area contributed by atoms with E-state index >= 15 is 0 Å². The summed E-state index contributed by atoms with van der Waals surface area (Å²) in [6.45, 7) is 2.42. The molecule has 1 saturated carbocycles. The third-order valence-corrected chi connectivity index (χ3v) is 5.26. The highest BCUT2D eigenvalue weighted by Crippen LogP contribution is 2.39. The number of hydrogen-bond donors (Lipinski definition) is 1. The zero-order valence-corrected chi connectivity index (χ0v) is 14.1. The Hall–Kier alpha value is -2.11. The van der Waals surface area contributed by atoms with Crippen LogP contribution in [-0.4, -0.2) is 40.4 Å². The van der Waals surface area contributed by atoms with Crippen molar-refractivity contribution in [2.45, 2.75) is 57.6 Å². The Kier molecular flexibility index (Phi) is 4.73. The first-order valence-corrected chi connectivity index (χ1v) is 8.67. The van der Waals surface area contributed by atoms with Gasteiger partial charge in [-0.2, -0.15) is 0 Å². The van der Waals surface area contributed by atoms with Gasteiger partial charge in [0, 0.05) is 18.0 Å². The van der Waals surface area contributed by atoms with Crippen molar-refractivity contribution in [3.05, 3.63) is 24.5 Å². The number of carbonyl (C=O) groups excluding carboxylic acids is 2. The first kappa shape index (κ1) is 16.7. The van der Waals surface area contributed by atoms with E-state index in [1.54, 1.807) is 23.4 Å². The number of nitrogens with zero attached hydrogens (tertiary/aromatic N) is 2. The summed E-state index contributed by atoms with van der Waals surface area (Å²) in [5, 5.41) is 0. The fourth-order valence-electron chi connectivity index (χ4n) is 3.88. The minimum atomic E-state index is -0.585. The first-order valence-electron chi connectivity index (χ1n) is 8.67. The van der Waals surface area contributed by atoms with Crippen LogP contribution in [0.1, 0.15) is 45.4 Å². The molecule has 6 nitrogen and oxygen atoms in total. The van der Waals surface area contributed by atoms with E-state index in [1.165, 1.54) is 6.42 Å². The van der Waals surface area contributed by atoms with Crippen LogP contribution in [0.2, 0.25) is 0 Å². The standard InChI is InChI=1S/C18H25N3O3/c1-18(7-3-2-4-8-18)17(23)21-12-14(10-15(21)16(19)22)24-13-6-5-9-20-11-13/h5-6,9,11,14-15H,2-4,7-8,10,12H2,1H3,(H2,19,22)/t14-,15-/m0/s1. The summed E-state index contributed by atoms with van der Waals surface area (Å²) in [6, 6.07) is 3.03. The molecule has 1 saturated heterocycles. The highest BCUT2D eigenvalue weighted by atomic mass is 16.5. The van der Waals surface area contributed by atoms with Crippen LogP contribution in [0, 0.1) is 5.41 Å². The second-order valence-electron chi connectivity index (χ2n) is 7.16. The molecule has 0 radical (unpaired) electrons. The Balaban J connectivity index is 1.73. The molecule has 1 aromatic rings. The molecular weight excluding hydrogens is 306 g/mol. The molecule has 2 aliphatic rings. The molecule has 6 heteroatoms. The number of hydrogen-bond acceptors (Lipinski definition) is 4. The number of ether oxygens (including phenoxy) is 1. The van der Waals surface area contributed by atoms with E-state index in [9.17, 15) is 9.59 Å². The van der Waals surface area contributed by atoms with Gasteiger partial charge in [-0.3, -0.25) is 14.6 Å². The maximum atomic E-state index is 13.1. The van der Waals surface area contributed by atoms with Crippen molar-refractivity contribution in [1.29, 1.82) is 0 Å². The maximum Gasteiger partial charge on any atom is 0.240 e. The van der Waals surface area contributed by atoms with Gasteiger partial charge in [-0.15, -0.1) is 0 Å². The lowest BCUT2D eigenvalue weighted by Gasteiger charge is -2.37. The fraction of sp³-hybridized carbons (Fsp3) is 0.611. The zero-order chi connectivity index (χ0) is 17.2. The van der Waals surface area contributed by atoms with Gasteiger partial charge in [0.05, 0.1) is 12.7 Å². The predicted octanol–water partition coefficient (Wildman–Crippen LogP) is 1.89. The quantitative estimate of drug-likeness (QED) is 0.913. The molecule has 1 aliphatic carbocycles. The Labute approximate surface area is 142 Å². The van der Waals surface area contributed by atoms with E-state index in [0.29, 0.717) is 18.7 Å².